The molecule has 0 saturated heterocycles. The van der Waals surface area contributed by atoms with Gasteiger partial charge in [0.1, 0.15) is 11.7 Å². The number of hydrogen-bond donors (Lipinski definition) is 1. The Hall–Kier alpha value is -1.81. The summed E-state index contributed by atoms with van der Waals surface area (Å²) >= 11 is 5.46. The molecule has 0 fully saturated rings. The Morgan fingerprint density at radius 2 is 2.28 bits per heavy atom. The van der Waals surface area contributed by atoms with Crippen molar-refractivity contribution in [1.82, 2.24) is 9.78 Å². The van der Waals surface area contributed by atoms with Gasteiger partial charge in [-0.25, -0.2) is 4.68 Å². The zero-order valence-electron chi connectivity index (χ0n) is 10.1. The monoisotopic (exact) mass is 263 g/mol. The lowest BCUT2D eigenvalue weighted by atomic mass is 10.1. The first-order valence-electron chi connectivity index (χ1n) is 5.62. The molecule has 0 saturated carbocycles. The molecule has 1 N–H and O–H groups in total. The predicted octanol–water partition coefficient (Wildman–Crippen LogP) is 2.42. The van der Waals surface area contributed by atoms with Crippen LogP contribution < -0.4 is 5.32 Å². The third-order valence-corrected chi connectivity index (χ3v) is 2.76. The number of carbonyl (C=O) groups excluding carboxylic acids is 1. The van der Waals surface area contributed by atoms with E-state index >= 15 is 0 Å². The van der Waals surface area contributed by atoms with Crippen molar-refractivity contribution in [1.29, 1.82) is 0 Å². The molecule has 2 rings (SSSR count). The van der Waals surface area contributed by atoms with Crippen molar-refractivity contribution in [3.63, 3.8) is 0 Å². The van der Waals surface area contributed by atoms with E-state index in [1.54, 1.807) is 16.9 Å². The molecular weight excluding hydrogens is 250 g/mol. The summed E-state index contributed by atoms with van der Waals surface area (Å²) in [6.07, 6.45) is 1.65. The number of aryl methyl sites for hydroxylation is 1. The fraction of sp³-hybridized carbons (Fsp3) is 0.231. The third kappa shape index (κ3) is 3.11. The van der Waals surface area contributed by atoms with E-state index in [0.29, 0.717) is 12.4 Å². The number of benzene rings is 1. The molecule has 0 aliphatic carbocycles. The Morgan fingerprint density at radius 3 is 3.00 bits per heavy atom. The van der Waals surface area contributed by atoms with Crippen molar-refractivity contribution in [3.05, 3.63) is 47.7 Å². The van der Waals surface area contributed by atoms with E-state index in [0.717, 1.165) is 5.56 Å². The van der Waals surface area contributed by atoms with Gasteiger partial charge in [-0.05, 0) is 12.5 Å². The van der Waals surface area contributed by atoms with Crippen LogP contribution in [0.1, 0.15) is 11.1 Å². The van der Waals surface area contributed by atoms with Gasteiger partial charge >= 0.3 is 0 Å². The number of amides is 1. The maximum absolute atomic E-state index is 11.3. The number of halogens is 1. The van der Waals surface area contributed by atoms with Gasteiger partial charge in [-0.1, -0.05) is 29.8 Å². The number of rotatable bonds is 4. The number of aromatic nitrogens is 2. The molecule has 0 aliphatic heterocycles. The highest BCUT2D eigenvalue weighted by molar-refractivity contribution is 6.29. The summed E-state index contributed by atoms with van der Waals surface area (Å²) in [5.41, 5.74) is 2.34. The van der Waals surface area contributed by atoms with Crippen LogP contribution in [0.5, 0.6) is 0 Å². The molecule has 0 atom stereocenters. The third-order valence-electron chi connectivity index (χ3n) is 2.52. The lowest BCUT2D eigenvalue weighted by molar-refractivity contribution is -0.114. The first kappa shape index (κ1) is 12.6. The molecule has 2 aromatic rings. The van der Waals surface area contributed by atoms with E-state index in [4.69, 9.17) is 11.6 Å². The summed E-state index contributed by atoms with van der Waals surface area (Å²) in [6, 6.07) is 9.92. The minimum absolute atomic E-state index is 0.0599. The summed E-state index contributed by atoms with van der Waals surface area (Å²) < 4.78 is 1.74. The highest BCUT2D eigenvalue weighted by atomic mass is 35.5. The van der Waals surface area contributed by atoms with Crippen molar-refractivity contribution < 1.29 is 4.79 Å². The number of hydrogen-bond acceptors (Lipinski definition) is 2. The normalized spacial score (nSPS) is 10.3. The number of carbonyl (C=O) groups is 1. The molecule has 0 aliphatic rings. The fourth-order valence-electron chi connectivity index (χ4n) is 1.72. The van der Waals surface area contributed by atoms with Crippen LogP contribution in [0.2, 0.25) is 0 Å². The van der Waals surface area contributed by atoms with Crippen molar-refractivity contribution in [2.24, 2.45) is 0 Å². The van der Waals surface area contributed by atoms with Crippen molar-refractivity contribution in [2.75, 3.05) is 11.2 Å². The van der Waals surface area contributed by atoms with Crippen molar-refractivity contribution in [2.45, 2.75) is 13.5 Å². The molecule has 0 radical (unpaired) electrons. The number of nitrogens with zero attached hydrogens (tertiary/aromatic N) is 2. The Labute approximate surface area is 111 Å². The molecule has 18 heavy (non-hydrogen) atoms. The van der Waals surface area contributed by atoms with E-state index in [2.05, 4.69) is 16.5 Å². The Kier molecular flexibility index (Phi) is 3.99. The average molecular weight is 264 g/mol. The molecule has 4 nitrogen and oxygen atoms in total. The summed E-state index contributed by atoms with van der Waals surface area (Å²) in [7, 11) is 0. The standard InChI is InChI=1S/C13H14ClN3O/c1-10-3-2-4-11(7-10)9-17-12(5-6-15-17)16-13(18)8-14/h2-7H,8-9H2,1H3,(H,16,18). The second-order valence-electron chi connectivity index (χ2n) is 4.04. The lowest BCUT2D eigenvalue weighted by Gasteiger charge is -2.08. The highest BCUT2D eigenvalue weighted by Gasteiger charge is 2.06. The number of nitrogens with one attached hydrogen (secondary N) is 1. The molecule has 1 aromatic heterocycles. The first-order valence-corrected chi connectivity index (χ1v) is 6.15. The van der Waals surface area contributed by atoms with Crippen LogP contribution in [0.15, 0.2) is 36.5 Å². The maximum atomic E-state index is 11.3. The zero-order valence-corrected chi connectivity index (χ0v) is 10.8. The minimum Gasteiger partial charge on any atom is -0.310 e. The van der Waals surface area contributed by atoms with E-state index in [-0.39, 0.29) is 11.8 Å². The SMILES string of the molecule is Cc1cccc(Cn2nccc2NC(=O)CCl)c1. The number of anilines is 1. The molecule has 94 valence electrons. The minimum atomic E-state index is -0.234. The van der Waals surface area contributed by atoms with E-state index in [9.17, 15) is 4.79 Å². The van der Waals surface area contributed by atoms with Crippen molar-refractivity contribution >= 4 is 23.3 Å². The summed E-state index contributed by atoms with van der Waals surface area (Å²) in [5.74, 6) is 0.361. The predicted molar refractivity (Wildman–Crippen MR) is 71.9 cm³/mol. The smallest absolute Gasteiger partial charge is 0.240 e. The summed E-state index contributed by atoms with van der Waals surface area (Å²) in [4.78, 5) is 11.3. The highest BCUT2D eigenvalue weighted by Crippen LogP contribution is 2.11. The van der Waals surface area contributed by atoms with Gasteiger partial charge in [0.25, 0.3) is 0 Å². The van der Waals surface area contributed by atoms with Crippen LogP contribution in [-0.2, 0) is 11.3 Å². The second kappa shape index (κ2) is 5.69. The van der Waals surface area contributed by atoms with Gasteiger partial charge in [-0.2, -0.15) is 5.10 Å². The largest absolute Gasteiger partial charge is 0.310 e. The van der Waals surface area contributed by atoms with Gasteiger partial charge in [-0.3, -0.25) is 4.79 Å². The molecule has 0 unspecified atom stereocenters. The molecule has 0 spiro atoms. The van der Waals surface area contributed by atoms with Gasteiger partial charge in [0.2, 0.25) is 5.91 Å². The molecule has 1 aromatic carbocycles. The van der Waals surface area contributed by atoms with E-state index in [1.807, 2.05) is 25.1 Å². The van der Waals surface area contributed by atoms with Gasteiger partial charge < -0.3 is 5.32 Å². The molecule has 0 bridgehead atoms. The van der Waals surface area contributed by atoms with Gasteiger partial charge in [0, 0.05) is 6.07 Å². The molecule has 5 heteroatoms. The summed E-state index contributed by atoms with van der Waals surface area (Å²) in [6.45, 7) is 2.66. The van der Waals surface area contributed by atoms with Crippen LogP contribution in [-0.4, -0.2) is 21.6 Å². The summed E-state index contributed by atoms with van der Waals surface area (Å²) in [5, 5.41) is 6.89. The van der Waals surface area contributed by atoms with Crippen molar-refractivity contribution in [3.8, 4) is 0 Å². The van der Waals surface area contributed by atoms with Gasteiger partial charge in [-0.15, -0.1) is 11.6 Å². The average Bonchev–Trinajstić information content (AvgIpc) is 2.76. The molecule has 1 amide bonds. The zero-order chi connectivity index (χ0) is 13.0. The molecule has 1 heterocycles. The number of alkyl halides is 1. The maximum Gasteiger partial charge on any atom is 0.240 e. The first-order chi connectivity index (χ1) is 8.69. The second-order valence-corrected chi connectivity index (χ2v) is 4.31. The van der Waals surface area contributed by atoms with Crippen LogP contribution in [0.3, 0.4) is 0 Å². The van der Waals surface area contributed by atoms with Crippen LogP contribution >= 0.6 is 11.6 Å². The van der Waals surface area contributed by atoms with Gasteiger partial charge in [0.15, 0.2) is 0 Å². The topological polar surface area (TPSA) is 46.9 Å². The van der Waals surface area contributed by atoms with E-state index < -0.39 is 0 Å². The van der Waals surface area contributed by atoms with Crippen LogP contribution in [0.25, 0.3) is 0 Å². The Balaban J connectivity index is 2.15. The van der Waals surface area contributed by atoms with Crippen LogP contribution in [0, 0.1) is 6.92 Å². The van der Waals surface area contributed by atoms with Crippen LogP contribution in [0.4, 0.5) is 5.82 Å². The quantitative estimate of drug-likeness (QED) is 0.861. The molecular formula is C13H14ClN3O. The fourth-order valence-corrected chi connectivity index (χ4v) is 1.79. The Morgan fingerprint density at radius 1 is 1.44 bits per heavy atom. The lowest BCUT2D eigenvalue weighted by Crippen LogP contribution is -2.16. The van der Waals surface area contributed by atoms with Gasteiger partial charge in [0.05, 0.1) is 12.7 Å². The van der Waals surface area contributed by atoms with E-state index in [1.165, 1.54) is 5.56 Å². The Bertz CT molecular complexity index is 551.